The zero-order chi connectivity index (χ0) is 22.4. The molecule has 31 heavy (non-hydrogen) atoms. The van der Waals surface area contributed by atoms with Crippen LogP contribution in [-0.2, 0) is 16.8 Å². The molecule has 0 aliphatic carbocycles. The van der Waals surface area contributed by atoms with Gasteiger partial charge < -0.3 is 10.6 Å². The molecule has 3 aromatic rings. The van der Waals surface area contributed by atoms with E-state index in [2.05, 4.69) is 25.4 Å². The lowest BCUT2D eigenvalue weighted by molar-refractivity contribution is -0.120. The number of carbonyl (C=O) groups is 2. The fourth-order valence-corrected chi connectivity index (χ4v) is 2.78. The van der Waals surface area contributed by atoms with Crippen molar-refractivity contribution in [2.75, 3.05) is 5.32 Å². The molecule has 156 valence electrons. The molecule has 0 atom stereocenters. The number of hydrogen-bond donors (Lipinski definition) is 2. The van der Waals surface area contributed by atoms with Gasteiger partial charge in [-0.1, -0.05) is 36.4 Å². The predicted octanol–water partition coefficient (Wildman–Crippen LogP) is 4.01. The summed E-state index contributed by atoms with van der Waals surface area (Å²) in [6.07, 6.45) is 1.19. The van der Waals surface area contributed by atoms with Gasteiger partial charge in [-0.3, -0.25) is 9.59 Å². The molecule has 0 unspecified atom stereocenters. The molecule has 0 saturated carbocycles. The lowest BCUT2D eigenvalue weighted by atomic mass is 9.83. The lowest BCUT2D eigenvalue weighted by Gasteiger charge is -2.24. The van der Waals surface area contributed by atoms with E-state index in [-0.39, 0.29) is 29.8 Å². The number of nitrogens with one attached hydrogen (secondary N) is 2. The first-order valence-corrected chi connectivity index (χ1v) is 9.44. The van der Waals surface area contributed by atoms with E-state index < -0.39 is 11.3 Å². The zero-order valence-corrected chi connectivity index (χ0v) is 17.0. The minimum absolute atomic E-state index is 0.0895. The zero-order valence-electron chi connectivity index (χ0n) is 17.0. The first-order valence-electron chi connectivity index (χ1n) is 9.44. The van der Waals surface area contributed by atoms with Gasteiger partial charge in [-0.15, -0.1) is 0 Å². The van der Waals surface area contributed by atoms with Gasteiger partial charge in [0.15, 0.2) is 5.69 Å². The Morgan fingerprint density at radius 1 is 1.06 bits per heavy atom. The third-order valence-electron chi connectivity index (χ3n) is 4.79. The van der Waals surface area contributed by atoms with Crippen molar-refractivity contribution in [3.05, 3.63) is 95.0 Å². The quantitative estimate of drug-likeness (QED) is 0.593. The summed E-state index contributed by atoms with van der Waals surface area (Å²) in [6.45, 7) is 10.7. The Bertz CT molecular complexity index is 1140. The summed E-state index contributed by atoms with van der Waals surface area (Å²) in [6, 6.07) is 14.0. The Morgan fingerprint density at radius 2 is 1.74 bits per heavy atom. The predicted molar refractivity (Wildman–Crippen MR) is 114 cm³/mol. The van der Waals surface area contributed by atoms with Crippen LogP contribution in [0.3, 0.4) is 0 Å². The Morgan fingerprint density at radius 3 is 2.39 bits per heavy atom. The van der Waals surface area contributed by atoms with Crippen LogP contribution in [0.5, 0.6) is 0 Å². The molecule has 2 amide bonds. The summed E-state index contributed by atoms with van der Waals surface area (Å²) in [5, 5.41) is 5.41. The van der Waals surface area contributed by atoms with Crippen molar-refractivity contribution in [2.24, 2.45) is 0 Å². The molecular formula is C23H20FN5O2. The number of carbonyl (C=O) groups excluding carboxylic acids is 2. The van der Waals surface area contributed by atoms with Crippen molar-refractivity contribution in [3.63, 3.8) is 0 Å². The Balaban J connectivity index is 1.67. The largest absolute Gasteiger partial charge is 0.347 e. The van der Waals surface area contributed by atoms with Gasteiger partial charge in [-0.2, -0.15) is 0 Å². The average molecular weight is 417 g/mol. The third kappa shape index (κ3) is 5.28. The Hall–Kier alpha value is -4.12. The van der Waals surface area contributed by atoms with Crippen LogP contribution in [0.1, 0.15) is 35.5 Å². The number of halogens is 1. The molecular weight excluding hydrogens is 397 g/mol. The summed E-state index contributed by atoms with van der Waals surface area (Å²) in [5.41, 5.74) is 1.17. The SMILES string of the molecule is [C-]#[N+]c1ccc(C(C)(C)C(=O)Nc2cc(C(=O)NCc3ccc(F)cc3)ncn2)cc1. The van der Waals surface area contributed by atoms with E-state index in [0.29, 0.717) is 5.69 Å². The lowest BCUT2D eigenvalue weighted by Crippen LogP contribution is -2.35. The molecule has 2 N–H and O–H groups in total. The minimum Gasteiger partial charge on any atom is -0.347 e. The molecule has 0 saturated heterocycles. The first kappa shape index (κ1) is 21.6. The van der Waals surface area contributed by atoms with E-state index >= 15 is 0 Å². The highest BCUT2D eigenvalue weighted by atomic mass is 19.1. The van der Waals surface area contributed by atoms with Crippen LogP contribution in [0.2, 0.25) is 0 Å². The van der Waals surface area contributed by atoms with E-state index in [4.69, 9.17) is 6.57 Å². The molecule has 3 rings (SSSR count). The van der Waals surface area contributed by atoms with Gasteiger partial charge in [0.2, 0.25) is 5.91 Å². The van der Waals surface area contributed by atoms with E-state index in [1.807, 2.05) is 0 Å². The second-order valence-electron chi connectivity index (χ2n) is 7.34. The van der Waals surface area contributed by atoms with E-state index in [9.17, 15) is 14.0 Å². The number of nitrogens with zero attached hydrogens (tertiary/aromatic N) is 3. The standard InChI is InChI=1S/C23H20FN5O2/c1-23(2,16-6-10-18(25-3)11-7-16)22(31)29-20-12-19(27-14-28-20)21(30)26-13-15-4-8-17(24)9-5-15/h4-12,14H,13H2,1-2H3,(H,26,30)(H,27,28,29,31). The normalized spacial score (nSPS) is 10.8. The van der Waals surface area contributed by atoms with Gasteiger partial charge in [0.05, 0.1) is 12.0 Å². The Labute approximate surface area is 179 Å². The van der Waals surface area contributed by atoms with Crippen molar-refractivity contribution in [1.82, 2.24) is 15.3 Å². The number of amides is 2. The maximum absolute atomic E-state index is 13.0. The first-order chi connectivity index (χ1) is 14.8. The summed E-state index contributed by atoms with van der Waals surface area (Å²) in [5.74, 6) is -0.926. The van der Waals surface area contributed by atoms with Crippen LogP contribution in [-0.4, -0.2) is 21.8 Å². The maximum Gasteiger partial charge on any atom is 0.270 e. The number of hydrogen-bond acceptors (Lipinski definition) is 4. The summed E-state index contributed by atoms with van der Waals surface area (Å²) >= 11 is 0. The van der Waals surface area contributed by atoms with Gasteiger partial charge in [0.1, 0.15) is 23.7 Å². The van der Waals surface area contributed by atoms with Gasteiger partial charge in [-0.05, 0) is 37.1 Å². The van der Waals surface area contributed by atoms with Gasteiger partial charge >= 0.3 is 0 Å². The van der Waals surface area contributed by atoms with Crippen LogP contribution in [0.25, 0.3) is 4.85 Å². The topological polar surface area (TPSA) is 88.3 Å². The third-order valence-corrected chi connectivity index (χ3v) is 4.79. The Kier molecular flexibility index (Phi) is 6.36. The number of benzene rings is 2. The van der Waals surface area contributed by atoms with Crippen molar-refractivity contribution >= 4 is 23.3 Å². The fraction of sp³-hybridized carbons (Fsp3) is 0.174. The van der Waals surface area contributed by atoms with Crippen molar-refractivity contribution < 1.29 is 14.0 Å². The molecule has 0 bridgehead atoms. The second kappa shape index (κ2) is 9.13. The van der Waals surface area contributed by atoms with E-state index in [1.165, 1.54) is 24.5 Å². The molecule has 0 aliphatic heterocycles. The van der Waals surface area contributed by atoms with Crippen molar-refractivity contribution in [2.45, 2.75) is 25.8 Å². The molecule has 2 aromatic carbocycles. The van der Waals surface area contributed by atoms with Gasteiger partial charge in [-0.25, -0.2) is 19.2 Å². The van der Waals surface area contributed by atoms with E-state index in [0.717, 1.165) is 11.1 Å². The fourth-order valence-electron chi connectivity index (χ4n) is 2.78. The second-order valence-corrected chi connectivity index (χ2v) is 7.34. The summed E-state index contributed by atoms with van der Waals surface area (Å²) in [7, 11) is 0. The highest BCUT2D eigenvalue weighted by molar-refractivity contribution is 5.99. The van der Waals surface area contributed by atoms with Gasteiger partial charge in [0.25, 0.3) is 5.91 Å². The summed E-state index contributed by atoms with van der Waals surface area (Å²) in [4.78, 5) is 36.6. The smallest absolute Gasteiger partial charge is 0.270 e. The average Bonchev–Trinajstić information content (AvgIpc) is 2.78. The number of rotatable bonds is 6. The number of anilines is 1. The highest BCUT2D eigenvalue weighted by Gasteiger charge is 2.30. The summed E-state index contributed by atoms with van der Waals surface area (Å²) < 4.78 is 13.0. The van der Waals surface area contributed by atoms with Crippen LogP contribution < -0.4 is 10.6 Å². The van der Waals surface area contributed by atoms with Crippen LogP contribution in [0.4, 0.5) is 15.9 Å². The molecule has 0 fully saturated rings. The number of aromatic nitrogens is 2. The molecule has 0 aliphatic rings. The van der Waals surface area contributed by atoms with Crippen molar-refractivity contribution in [1.29, 1.82) is 0 Å². The molecule has 1 aromatic heterocycles. The van der Waals surface area contributed by atoms with Crippen LogP contribution in [0, 0.1) is 12.4 Å². The molecule has 0 radical (unpaired) electrons. The van der Waals surface area contributed by atoms with E-state index in [1.54, 1.807) is 50.2 Å². The minimum atomic E-state index is -0.892. The maximum atomic E-state index is 13.0. The van der Waals surface area contributed by atoms with Gasteiger partial charge in [0, 0.05) is 12.6 Å². The monoisotopic (exact) mass is 417 g/mol. The van der Waals surface area contributed by atoms with Crippen molar-refractivity contribution in [3.8, 4) is 0 Å². The van der Waals surface area contributed by atoms with Crippen LogP contribution >= 0.6 is 0 Å². The molecule has 0 spiro atoms. The highest BCUT2D eigenvalue weighted by Crippen LogP contribution is 2.27. The molecule has 7 nitrogen and oxygen atoms in total. The molecule has 1 heterocycles. The molecule has 8 heteroatoms. The van der Waals surface area contributed by atoms with Crippen LogP contribution in [0.15, 0.2) is 60.9 Å².